The minimum atomic E-state index is -6.02. The number of hydrogen-bond acceptors (Lipinski definition) is 22. The fourth-order valence-electron chi connectivity index (χ4n) is 19.6. The number of piperazine rings is 2. The first kappa shape index (κ1) is 99.8. The molecule has 4 aliphatic carbocycles. The monoisotopic (exact) mass is 2010 g/mol. The highest BCUT2D eigenvalue weighted by Gasteiger charge is 2.49. The Labute approximate surface area is 809 Å². The van der Waals surface area contributed by atoms with Crippen molar-refractivity contribution in [2.24, 2.45) is 37.3 Å². The molecule has 137 heavy (non-hydrogen) atoms. The molecule has 2 saturated carbocycles. The molecule has 4 aromatic heterocycles. The van der Waals surface area contributed by atoms with Crippen LogP contribution in [0.5, 0.6) is 23.0 Å². The normalized spacial score (nSPS) is 20.7. The number of aromatic amines is 2. The van der Waals surface area contributed by atoms with Crippen molar-refractivity contribution in [1.29, 1.82) is 0 Å². The van der Waals surface area contributed by atoms with E-state index in [0.29, 0.717) is 108 Å². The van der Waals surface area contributed by atoms with Gasteiger partial charge in [-0.25, -0.2) is 57.6 Å². The Hall–Kier alpha value is -10.2. The number of halogens is 5. The number of allylic oxidation sites excluding steroid dienone is 2. The number of aromatic nitrogens is 4. The van der Waals surface area contributed by atoms with Crippen LogP contribution < -0.4 is 28.7 Å². The van der Waals surface area contributed by atoms with Gasteiger partial charge >= 0.3 is 5.51 Å². The van der Waals surface area contributed by atoms with Crippen LogP contribution in [0.2, 0.25) is 10.0 Å². The van der Waals surface area contributed by atoms with Gasteiger partial charge in [-0.2, -0.15) is 13.2 Å². The molecule has 37 heteroatoms. The predicted molar refractivity (Wildman–Crippen MR) is 532 cm³/mol. The molecule has 27 nitrogen and oxygen atoms in total. The van der Waals surface area contributed by atoms with Crippen molar-refractivity contribution in [3.8, 4) is 23.0 Å². The maximum Gasteiger partial charge on any atom is 0.501 e. The average Bonchev–Trinajstić information content (AvgIpc) is 1.36. The summed E-state index contributed by atoms with van der Waals surface area (Å²) in [7, 11) is -20.1. The number of rotatable bonds is 28. The molecule has 7 heterocycles. The van der Waals surface area contributed by atoms with Gasteiger partial charge in [0.15, 0.2) is 0 Å². The number of benzene rings is 6. The first-order valence-electron chi connectivity index (χ1n) is 46.5. The minimum Gasteiger partial charge on any atom is -0.455 e. The first-order chi connectivity index (χ1) is 64.9. The molecule has 5 fully saturated rings. The van der Waals surface area contributed by atoms with E-state index in [1.54, 1.807) is 73.4 Å². The second kappa shape index (κ2) is 40.9. The summed E-state index contributed by atoms with van der Waals surface area (Å²) in [4.78, 5) is 61.6. The lowest BCUT2D eigenvalue weighted by molar-refractivity contribution is -0.385. The van der Waals surface area contributed by atoms with Crippen LogP contribution in [0.1, 0.15) is 174 Å². The lowest BCUT2D eigenvalue weighted by Gasteiger charge is -2.39. The van der Waals surface area contributed by atoms with E-state index in [0.717, 1.165) is 151 Å². The lowest BCUT2D eigenvalue weighted by atomic mass is 9.72. The smallest absolute Gasteiger partial charge is 0.455 e. The number of sulfone groups is 1. The van der Waals surface area contributed by atoms with Crippen LogP contribution in [-0.4, -0.2) is 187 Å². The number of fused-ring (bicyclic) bond motifs is 2. The highest BCUT2D eigenvalue weighted by Crippen LogP contribution is 2.48. The molecule has 0 radical (unpaired) electrons. The van der Waals surface area contributed by atoms with Gasteiger partial charge in [-0.15, -0.1) is 0 Å². The van der Waals surface area contributed by atoms with E-state index in [1.165, 1.54) is 64.0 Å². The summed E-state index contributed by atoms with van der Waals surface area (Å²) in [6.45, 7) is 18.9. The summed E-state index contributed by atoms with van der Waals surface area (Å²) in [6, 6.07) is 39.6. The molecule has 6 aromatic carbocycles. The van der Waals surface area contributed by atoms with E-state index in [2.05, 4.69) is 105 Å². The SMILES string of the molecule is CC(Cc1ccc(S(=O)(=O)NC(=O)c2ccc(N3CCN(CC4=C(c5ccc(Cl)cc5)CC(C)(C)CC4)CC3)cc2Oc2cnc3[nH]ccc3c2)cc1[N+](=O)[O-])C1CCS(=O)(=NC2CC2)CC1.CC1(C)CCC(CN2CCN(c3ccc(C(=O)NS(=O)(=O)c4ccc(CCC5CCC(N=S(C)(C)=O)CC5)c(S(=O)(=O)C(F)(F)F)c4)c(Oc4cnc5[nH]ccc5c4)c3)CC2)=C(c2ccc(Cl)cc2)C1. The van der Waals surface area contributed by atoms with Crippen molar-refractivity contribution in [3.05, 3.63) is 235 Å². The Bertz CT molecular complexity index is 6930. The number of amides is 2. The van der Waals surface area contributed by atoms with Crippen LogP contribution in [0.25, 0.3) is 33.2 Å². The van der Waals surface area contributed by atoms with Gasteiger partial charge in [-0.1, -0.05) is 105 Å². The zero-order chi connectivity index (χ0) is 97.3. The molecule has 7 aliphatic rings. The van der Waals surface area contributed by atoms with Crippen LogP contribution in [0.4, 0.5) is 30.2 Å². The number of ether oxygens (including phenoxy) is 2. The van der Waals surface area contributed by atoms with E-state index in [4.69, 9.17) is 32.7 Å². The number of hydrogen-bond donors (Lipinski definition) is 4. The van der Waals surface area contributed by atoms with Gasteiger partial charge in [-0.3, -0.25) is 33.7 Å². The second-order valence-corrected chi connectivity index (χ2v) is 50.6. The van der Waals surface area contributed by atoms with Crippen LogP contribution in [0, 0.1) is 38.7 Å². The Morgan fingerprint density at radius 1 is 0.591 bits per heavy atom. The zero-order valence-electron chi connectivity index (χ0n) is 77.7. The van der Waals surface area contributed by atoms with Gasteiger partial charge in [0.25, 0.3) is 47.4 Å². The lowest BCUT2D eigenvalue weighted by Crippen LogP contribution is -2.47. The zero-order valence-corrected chi connectivity index (χ0v) is 83.3. The van der Waals surface area contributed by atoms with Crippen molar-refractivity contribution < 1.29 is 70.8 Å². The number of H-pyrrole nitrogens is 2. The van der Waals surface area contributed by atoms with Gasteiger partial charge in [-0.05, 0) is 257 Å². The number of sulfonamides is 2. The third-order valence-electron chi connectivity index (χ3n) is 27.5. The van der Waals surface area contributed by atoms with E-state index < -0.39 is 86.3 Å². The van der Waals surface area contributed by atoms with Gasteiger partial charge < -0.3 is 29.2 Å². The Kier molecular flexibility index (Phi) is 29.8. The van der Waals surface area contributed by atoms with Gasteiger partial charge in [0.1, 0.15) is 34.3 Å². The Morgan fingerprint density at radius 3 is 1.49 bits per heavy atom. The quantitative estimate of drug-likeness (QED) is 0.0261. The summed E-state index contributed by atoms with van der Waals surface area (Å²) >= 11 is 12.5. The topological polar surface area (TPSA) is 351 Å². The molecule has 10 aromatic rings. The van der Waals surface area contributed by atoms with Crippen molar-refractivity contribution >= 4 is 135 Å². The molecule has 17 rings (SSSR count). The highest BCUT2D eigenvalue weighted by molar-refractivity contribution is 7.93. The largest absolute Gasteiger partial charge is 0.501 e. The van der Waals surface area contributed by atoms with Crippen LogP contribution in [0.3, 0.4) is 0 Å². The fourth-order valence-corrected chi connectivity index (χ4v) is 26.4. The summed E-state index contributed by atoms with van der Waals surface area (Å²) < 4.78 is 175. The molecule has 1 atom stereocenters. The number of pyridine rings is 2. The number of nitro benzene ring substituents is 1. The molecule has 4 N–H and O–H groups in total. The van der Waals surface area contributed by atoms with Crippen LogP contribution >= 0.6 is 23.2 Å². The first-order valence-corrected chi connectivity index (χ1v) is 55.9. The van der Waals surface area contributed by atoms with Gasteiger partial charge in [0, 0.05) is 177 Å². The predicted octanol–water partition coefficient (Wildman–Crippen LogP) is 20.5. The minimum absolute atomic E-state index is 0.0109. The number of carbonyl (C=O) groups excluding carboxylic acids is 2. The van der Waals surface area contributed by atoms with E-state index in [-0.39, 0.29) is 86.7 Å². The summed E-state index contributed by atoms with van der Waals surface area (Å²) in [5, 5.41) is 15.3. The molecule has 0 spiro atoms. The molecular formula is C100H116Cl2F3N13O14S5. The van der Waals surface area contributed by atoms with Crippen molar-refractivity contribution in [1.82, 2.24) is 39.2 Å². The third kappa shape index (κ3) is 24.8. The number of nitrogens with one attached hydrogen (secondary N) is 4. The molecule has 0 bridgehead atoms. The Morgan fingerprint density at radius 2 is 1.04 bits per heavy atom. The van der Waals surface area contributed by atoms with Crippen LogP contribution in [-0.2, 0) is 62.2 Å². The molecule has 730 valence electrons. The van der Waals surface area contributed by atoms with E-state index in [1.807, 2.05) is 42.0 Å². The van der Waals surface area contributed by atoms with Crippen molar-refractivity contribution in [3.63, 3.8) is 0 Å². The number of anilines is 2. The molecule has 3 aliphatic heterocycles. The van der Waals surface area contributed by atoms with Crippen LogP contribution in [0.15, 0.2) is 205 Å². The molecule has 2 amide bonds. The summed E-state index contributed by atoms with van der Waals surface area (Å²) in [6.07, 6.45) is 22.5. The summed E-state index contributed by atoms with van der Waals surface area (Å²) in [5.74, 6) is -0.0348. The number of nitro groups is 1. The number of aryl methyl sites for hydroxylation is 1. The second-order valence-electron chi connectivity index (χ2n) is 39.3. The highest BCUT2D eigenvalue weighted by atomic mass is 35.5. The van der Waals surface area contributed by atoms with E-state index in [9.17, 15) is 66.5 Å². The summed E-state index contributed by atoms with van der Waals surface area (Å²) in [5.41, 5.74) is 5.13. The van der Waals surface area contributed by atoms with Gasteiger partial charge in [0.2, 0.25) is 0 Å². The molecular weight excluding hydrogens is 1900 g/mol. The maximum absolute atomic E-state index is 14.1. The molecule has 1 unspecified atom stereocenters. The average molecular weight is 2010 g/mol. The van der Waals surface area contributed by atoms with E-state index >= 15 is 0 Å². The number of nitrogens with zero attached hydrogens (tertiary/aromatic N) is 9. The Balaban J connectivity index is 0.000000199. The van der Waals surface area contributed by atoms with Gasteiger partial charge in [0.05, 0.1) is 55.2 Å². The number of alkyl halides is 3. The standard InChI is InChI=1S/C50H58ClF3N6O7S3.C50H58ClN7O7S2/c1-49(2)21-19-37(44(30-49)34-9-12-38(51)13-10-34)32-59-23-25-60(26-24-59)40-16-18-43(45(28-40)67-41-27-36-20-22-55-47(36)56-31-41)48(61)58-70(65,66)42-17-11-35(46(29-42)69(63,64)50(52,53)54)8-5-33-6-14-39(15-7-33)57-68(3,4)62;1-33(34-16-24-66(62,25-17-34)54-40-9-10-40)26-36-6-12-43(29-46(36)58(60)61)67(63,64)55-49(59)44-13-11-41(28-47(44)65-42-27-37-15-19-52-48(37)53-31-42)57-22-20-56(21-23-57)32-38-14-18-50(2,3)30-45(38)35-4-7-39(51)8-5-35/h9-13,16-18,20,22,27-29,31,33,39H,5-8,14-15,19,21,23-26,30,32H2,1-4H3,(H,55,56)(H,58,61);4-8,11-13,15,19,27-29,31,33-34,40H,9-10,14,16-18,20-26,30,32H2,1-3H3,(H,52,53)(H,55,59). The van der Waals surface area contributed by atoms with Crippen molar-refractivity contribution in [2.75, 3.05) is 99.3 Å². The van der Waals surface area contributed by atoms with Crippen molar-refractivity contribution in [2.45, 2.75) is 176 Å². The maximum atomic E-state index is 14.1. The third-order valence-corrected chi connectivity index (χ3v) is 35.5. The number of carbonyl (C=O) groups is 2. The fraction of sp³-hybridized carbons (Fsp3) is 0.440. The molecule has 3 saturated heterocycles.